The first kappa shape index (κ1) is 12.5. The summed E-state index contributed by atoms with van der Waals surface area (Å²) in [6.07, 6.45) is 0. The molecule has 0 heterocycles. The fraction of sp³-hybridized carbons (Fsp3) is 0. The predicted molar refractivity (Wildman–Crippen MR) is 98.1 cm³/mol. The molecule has 0 unspecified atom stereocenters. The molecule has 5 rings (SSSR count). The Morgan fingerprint density at radius 1 is 0.435 bits per heavy atom. The Morgan fingerprint density at radius 2 is 0.957 bits per heavy atom. The van der Waals surface area contributed by atoms with Crippen molar-refractivity contribution in [3.8, 4) is 5.75 Å². The number of rotatable bonds is 0. The van der Waals surface area contributed by atoms with Crippen molar-refractivity contribution in [1.29, 1.82) is 0 Å². The second kappa shape index (κ2) is 4.47. The summed E-state index contributed by atoms with van der Waals surface area (Å²) in [5, 5.41) is 19.5. The highest BCUT2D eigenvalue weighted by molar-refractivity contribution is 6.15. The van der Waals surface area contributed by atoms with Crippen LogP contribution in [0.1, 0.15) is 0 Å². The van der Waals surface area contributed by atoms with E-state index >= 15 is 0 Å². The molecule has 0 saturated carbocycles. The van der Waals surface area contributed by atoms with Gasteiger partial charge in [-0.25, -0.2) is 0 Å². The van der Waals surface area contributed by atoms with Crippen LogP contribution in [0.5, 0.6) is 5.75 Å². The van der Waals surface area contributed by atoms with E-state index in [2.05, 4.69) is 60.7 Å². The molecule has 5 aromatic rings. The lowest BCUT2D eigenvalue weighted by Crippen LogP contribution is -1.81. The molecule has 1 N–H and O–H groups in total. The third-order valence-corrected chi connectivity index (χ3v) is 4.68. The minimum absolute atomic E-state index is 0.336. The standard InChI is InChI=1S/C22H14O/c23-22-7-3-6-16-12-20-18(13-21(16)22)9-8-17-10-14-4-1-2-5-15(14)11-19(17)20/h1-13,23H. The van der Waals surface area contributed by atoms with Crippen LogP contribution >= 0.6 is 0 Å². The SMILES string of the molecule is Oc1cccc2cc3c(ccc4cc5ccccc5cc43)cc12. The molecule has 0 saturated heterocycles. The van der Waals surface area contributed by atoms with Gasteiger partial charge in [0.2, 0.25) is 0 Å². The molecular weight excluding hydrogens is 280 g/mol. The normalized spacial score (nSPS) is 11.7. The molecular formula is C22H14O. The first-order valence-electron chi connectivity index (χ1n) is 7.77. The van der Waals surface area contributed by atoms with E-state index in [1.807, 2.05) is 12.1 Å². The van der Waals surface area contributed by atoms with Gasteiger partial charge < -0.3 is 5.11 Å². The second-order valence-corrected chi connectivity index (χ2v) is 6.06. The van der Waals surface area contributed by atoms with Crippen LogP contribution in [0.4, 0.5) is 0 Å². The highest BCUT2D eigenvalue weighted by atomic mass is 16.3. The first-order chi connectivity index (χ1) is 11.3. The number of fused-ring (bicyclic) bond motifs is 5. The van der Waals surface area contributed by atoms with E-state index in [4.69, 9.17) is 0 Å². The molecule has 0 aliphatic carbocycles. The van der Waals surface area contributed by atoms with Crippen molar-refractivity contribution in [1.82, 2.24) is 0 Å². The Bertz CT molecular complexity index is 1220. The van der Waals surface area contributed by atoms with Crippen LogP contribution < -0.4 is 0 Å². The summed E-state index contributed by atoms with van der Waals surface area (Å²) in [5.74, 6) is 0.336. The van der Waals surface area contributed by atoms with Crippen LogP contribution in [0, 0.1) is 0 Å². The molecule has 0 spiro atoms. The molecule has 0 aliphatic heterocycles. The third-order valence-electron chi connectivity index (χ3n) is 4.68. The summed E-state index contributed by atoms with van der Waals surface area (Å²) in [7, 11) is 0. The summed E-state index contributed by atoms with van der Waals surface area (Å²) >= 11 is 0. The van der Waals surface area contributed by atoms with Crippen molar-refractivity contribution in [2.75, 3.05) is 0 Å². The zero-order chi connectivity index (χ0) is 15.4. The van der Waals surface area contributed by atoms with Crippen molar-refractivity contribution in [3.63, 3.8) is 0 Å². The molecule has 0 radical (unpaired) electrons. The fourth-order valence-electron chi connectivity index (χ4n) is 3.51. The van der Waals surface area contributed by atoms with Crippen LogP contribution in [0.2, 0.25) is 0 Å². The van der Waals surface area contributed by atoms with Crippen molar-refractivity contribution < 1.29 is 5.11 Å². The summed E-state index contributed by atoms with van der Waals surface area (Å²) in [6, 6.07) is 27.2. The minimum Gasteiger partial charge on any atom is -0.507 e. The zero-order valence-corrected chi connectivity index (χ0v) is 12.5. The average molecular weight is 294 g/mol. The van der Waals surface area contributed by atoms with E-state index in [1.54, 1.807) is 6.07 Å². The van der Waals surface area contributed by atoms with E-state index in [-0.39, 0.29) is 0 Å². The van der Waals surface area contributed by atoms with Gasteiger partial charge in [0.05, 0.1) is 0 Å². The van der Waals surface area contributed by atoms with E-state index in [9.17, 15) is 5.11 Å². The van der Waals surface area contributed by atoms with Gasteiger partial charge in [-0.3, -0.25) is 0 Å². The largest absolute Gasteiger partial charge is 0.507 e. The molecule has 1 nitrogen and oxygen atoms in total. The molecule has 0 fully saturated rings. The van der Waals surface area contributed by atoms with Crippen molar-refractivity contribution in [2.24, 2.45) is 0 Å². The second-order valence-electron chi connectivity index (χ2n) is 6.06. The van der Waals surface area contributed by atoms with Gasteiger partial charge >= 0.3 is 0 Å². The van der Waals surface area contributed by atoms with Gasteiger partial charge in [0.1, 0.15) is 5.75 Å². The molecule has 0 aromatic heterocycles. The summed E-state index contributed by atoms with van der Waals surface area (Å²) in [5.41, 5.74) is 0. The maximum Gasteiger partial charge on any atom is 0.123 e. The van der Waals surface area contributed by atoms with Crippen molar-refractivity contribution in [3.05, 3.63) is 78.9 Å². The Balaban J connectivity index is 1.99. The monoisotopic (exact) mass is 294 g/mol. The lowest BCUT2D eigenvalue weighted by molar-refractivity contribution is 0.481. The fourth-order valence-corrected chi connectivity index (χ4v) is 3.51. The predicted octanol–water partition coefficient (Wildman–Crippen LogP) is 6.01. The van der Waals surface area contributed by atoms with Crippen LogP contribution in [-0.4, -0.2) is 5.11 Å². The van der Waals surface area contributed by atoms with Crippen LogP contribution in [-0.2, 0) is 0 Å². The van der Waals surface area contributed by atoms with Gasteiger partial charge in [-0.2, -0.15) is 0 Å². The molecule has 23 heavy (non-hydrogen) atoms. The molecule has 0 aliphatic rings. The molecule has 1 heteroatoms. The maximum atomic E-state index is 10.1. The topological polar surface area (TPSA) is 20.2 Å². The van der Waals surface area contributed by atoms with E-state index < -0.39 is 0 Å². The Kier molecular flexibility index (Phi) is 2.42. The number of phenols is 1. The summed E-state index contributed by atoms with van der Waals surface area (Å²) in [4.78, 5) is 0. The van der Waals surface area contributed by atoms with E-state index in [0.29, 0.717) is 5.75 Å². The first-order valence-corrected chi connectivity index (χ1v) is 7.77. The maximum absolute atomic E-state index is 10.1. The van der Waals surface area contributed by atoms with Gasteiger partial charge in [-0.05, 0) is 68.0 Å². The minimum atomic E-state index is 0.336. The highest BCUT2D eigenvalue weighted by Crippen LogP contribution is 2.34. The summed E-state index contributed by atoms with van der Waals surface area (Å²) in [6.45, 7) is 0. The van der Waals surface area contributed by atoms with Gasteiger partial charge in [0.25, 0.3) is 0 Å². The van der Waals surface area contributed by atoms with E-state index in [1.165, 1.54) is 26.9 Å². The number of hydrogen-bond acceptors (Lipinski definition) is 1. The molecule has 0 atom stereocenters. The number of benzene rings is 5. The van der Waals surface area contributed by atoms with E-state index in [0.717, 1.165) is 16.2 Å². The van der Waals surface area contributed by atoms with Crippen LogP contribution in [0.3, 0.4) is 0 Å². The number of phenolic OH excluding ortho intramolecular Hbond substituents is 1. The molecule has 0 amide bonds. The molecule has 108 valence electrons. The Labute approximate surface area is 133 Å². The van der Waals surface area contributed by atoms with Crippen LogP contribution in [0.15, 0.2) is 78.9 Å². The van der Waals surface area contributed by atoms with Crippen LogP contribution in [0.25, 0.3) is 43.1 Å². The smallest absolute Gasteiger partial charge is 0.123 e. The van der Waals surface area contributed by atoms with Crippen molar-refractivity contribution >= 4 is 43.1 Å². The molecule has 5 aromatic carbocycles. The lowest BCUT2D eigenvalue weighted by atomic mass is 9.96. The third kappa shape index (κ3) is 1.80. The lowest BCUT2D eigenvalue weighted by Gasteiger charge is -2.09. The molecule has 0 bridgehead atoms. The Hall–Kier alpha value is -3.06. The summed E-state index contributed by atoms with van der Waals surface area (Å²) < 4.78 is 0. The zero-order valence-electron chi connectivity index (χ0n) is 12.5. The van der Waals surface area contributed by atoms with Gasteiger partial charge in [-0.15, -0.1) is 0 Å². The highest BCUT2D eigenvalue weighted by Gasteiger charge is 2.06. The quantitative estimate of drug-likeness (QED) is 0.274. The number of aromatic hydroxyl groups is 1. The van der Waals surface area contributed by atoms with Gasteiger partial charge in [0.15, 0.2) is 0 Å². The Morgan fingerprint density at radius 3 is 1.74 bits per heavy atom. The van der Waals surface area contributed by atoms with Crippen molar-refractivity contribution in [2.45, 2.75) is 0 Å². The number of hydrogen-bond donors (Lipinski definition) is 1. The average Bonchev–Trinajstić information content (AvgIpc) is 2.59. The van der Waals surface area contributed by atoms with Gasteiger partial charge in [-0.1, -0.05) is 48.5 Å². The van der Waals surface area contributed by atoms with Gasteiger partial charge in [0, 0.05) is 5.39 Å².